The van der Waals surface area contributed by atoms with Gasteiger partial charge in [-0.2, -0.15) is 8.78 Å². The highest BCUT2D eigenvalue weighted by atomic mass is 19.3. The molecule has 0 saturated heterocycles. The average molecular weight is 251 g/mol. The Hall–Kier alpha value is -1.97. The third-order valence-corrected chi connectivity index (χ3v) is 2.84. The van der Waals surface area contributed by atoms with Crippen LogP contribution in [0.2, 0.25) is 0 Å². The Kier molecular flexibility index (Phi) is 3.28. The van der Waals surface area contributed by atoms with Crippen molar-refractivity contribution in [3.63, 3.8) is 0 Å². The molecule has 0 heterocycles. The molecule has 4 heteroatoms. The molecule has 94 valence electrons. The topological polar surface area (TPSA) is 26.0 Å². The van der Waals surface area contributed by atoms with E-state index >= 15 is 0 Å². The maximum absolute atomic E-state index is 13.7. The van der Waals surface area contributed by atoms with Gasteiger partial charge in [0.25, 0.3) is 6.08 Å². The van der Waals surface area contributed by atoms with Gasteiger partial charge in [-0.1, -0.05) is 13.0 Å². The Morgan fingerprint density at radius 2 is 2.00 bits per heavy atom. The van der Waals surface area contributed by atoms with Gasteiger partial charge in [0.05, 0.1) is 0 Å². The first-order valence-electron chi connectivity index (χ1n) is 5.56. The van der Waals surface area contributed by atoms with E-state index in [1.165, 1.54) is 6.07 Å². The number of halogens is 3. The molecule has 0 unspecified atom stereocenters. The third kappa shape index (κ3) is 2.18. The molecule has 1 nitrogen and oxygen atoms in total. The average Bonchev–Trinajstić information content (AvgIpc) is 2.31. The molecule has 0 aliphatic rings. The van der Waals surface area contributed by atoms with Gasteiger partial charge in [0.2, 0.25) is 0 Å². The van der Waals surface area contributed by atoms with Gasteiger partial charge in [-0.3, -0.25) is 0 Å². The highest BCUT2D eigenvalue weighted by Gasteiger charge is 2.11. The minimum Gasteiger partial charge on any atom is -0.399 e. The number of hydrogen-bond acceptors (Lipinski definition) is 1. The summed E-state index contributed by atoms with van der Waals surface area (Å²) in [4.78, 5) is 0. The third-order valence-electron chi connectivity index (χ3n) is 2.84. The van der Waals surface area contributed by atoms with Crippen LogP contribution in [0.3, 0.4) is 0 Å². The lowest BCUT2D eigenvalue weighted by Gasteiger charge is -2.10. The zero-order valence-electron chi connectivity index (χ0n) is 9.81. The van der Waals surface area contributed by atoms with E-state index in [0.29, 0.717) is 29.0 Å². The van der Waals surface area contributed by atoms with Crippen molar-refractivity contribution in [2.24, 2.45) is 0 Å². The van der Waals surface area contributed by atoms with E-state index in [0.717, 1.165) is 5.56 Å². The second-order valence-electron chi connectivity index (χ2n) is 4.03. The summed E-state index contributed by atoms with van der Waals surface area (Å²) in [6, 6.07) is 6.07. The van der Waals surface area contributed by atoms with Crippen LogP contribution < -0.4 is 5.73 Å². The lowest BCUT2D eigenvalue weighted by Crippen LogP contribution is -1.94. The Balaban J connectivity index is 2.90. The van der Waals surface area contributed by atoms with Crippen molar-refractivity contribution in [3.05, 3.63) is 47.3 Å². The van der Waals surface area contributed by atoms with E-state index < -0.39 is 11.9 Å². The molecule has 2 aromatic carbocycles. The summed E-state index contributed by atoms with van der Waals surface area (Å²) in [5.41, 5.74) is 6.96. The summed E-state index contributed by atoms with van der Waals surface area (Å²) >= 11 is 0. The first-order chi connectivity index (χ1) is 8.52. The highest BCUT2D eigenvalue weighted by Crippen LogP contribution is 2.30. The fraction of sp³-hybridized carbons (Fsp3) is 0.143. The van der Waals surface area contributed by atoms with Crippen LogP contribution in [0.4, 0.5) is 18.9 Å². The number of hydrogen-bond donors (Lipinski definition) is 1. The second kappa shape index (κ2) is 4.72. The standard InChI is InChI=1S/C14H12F3N/c1-2-8-5-10(18)6-9-3-4-12(15)11(14(8)9)7-13(16)17/h3-7H,2,18H2,1H3. The van der Waals surface area contributed by atoms with Crippen LogP contribution in [0, 0.1) is 5.82 Å². The van der Waals surface area contributed by atoms with Gasteiger partial charge in [0, 0.05) is 17.3 Å². The molecule has 0 spiro atoms. The van der Waals surface area contributed by atoms with Crippen molar-refractivity contribution in [1.82, 2.24) is 0 Å². The number of fused-ring (bicyclic) bond motifs is 1. The Morgan fingerprint density at radius 1 is 1.28 bits per heavy atom. The van der Waals surface area contributed by atoms with E-state index in [1.807, 2.05) is 6.92 Å². The van der Waals surface area contributed by atoms with Crippen LogP contribution >= 0.6 is 0 Å². The number of aryl methyl sites for hydroxylation is 1. The number of nitrogens with two attached hydrogens (primary N) is 1. The lowest BCUT2D eigenvalue weighted by atomic mass is 9.96. The van der Waals surface area contributed by atoms with Gasteiger partial charge in [0.15, 0.2) is 0 Å². The van der Waals surface area contributed by atoms with Crippen molar-refractivity contribution in [2.75, 3.05) is 5.73 Å². The maximum Gasteiger partial charge on any atom is 0.271 e. The summed E-state index contributed by atoms with van der Waals surface area (Å²) in [6.45, 7) is 1.87. The molecular weight excluding hydrogens is 239 g/mol. The predicted molar refractivity (Wildman–Crippen MR) is 67.9 cm³/mol. The predicted octanol–water partition coefficient (Wildman–Crippen LogP) is 4.36. The Bertz CT molecular complexity index is 628. The zero-order chi connectivity index (χ0) is 13.3. The molecule has 2 N–H and O–H groups in total. The molecular formula is C14H12F3N. The number of rotatable bonds is 2. The molecule has 2 aromatic rings. The number of anilines is 1. The van der Waals surface area contributed by atoms with Gasteiger partial charge >= 0.3 is 0 Å². The highest BCUT2D eigenvalue weighted by molar-refractivity contribution is 5.95. The number of benzene rings is 2. The SMILES string of the molecule is CCc1cc(N)cc2ccc(F)c(C=C(F)F)c12. The van der Waals surface area contributed by atoms with Crippen LogP contribution in [-0.4, -0.2) is 0 Å². The van der Waals surface area contributed by atoms with Crippen molar-refractivity contribution < 1.29 is 13.2 Å². The van der Waals surface area contributed by atoms with Crippen LogP contribution in [0.5, 0.6) is 0 Å². The van der Waals surface area contributed by atoms with Crippen LogP contribution in [-0.2, 0) is 6.42 Å². The van der Waals surface area contributed by atoms with Crippen LogP contribution in [0.25, 0.3) is 16.8 Å². The lowest BCUT2D eigenvalue weighted by molar-refractivity contribution is 0.429. The molecule has 0 atom stereocenters. The van der Waals surface area contributed by atoms with E-state index in [4.69, 9.17) is 5.73 Å². The summed E-state index contributed by atoms with van der Waals surface area (Å²) in [5, 5.41) is 1.17. The van der Waals surface area contributed by atoms with E-state index in [9.17, 15) is 13.2 Å². The molecule has 0 aliphatic carbocycles. The van der Waals surface area contributed by atoms with Crippen LogP contribution in [0.15, 0.2) is 30.3 Å². The first kappa shape index (κ1) is 12.5. The fourth-order valence-electron chi connectivity index (χ4n) is 2.11. The zero-order valence-corrected chi connectivity index (χ0v) is 9.81. The normalized spacial score (nSPS) is 10.7. The molecule has 18 heavy (non-hydrogen) atoms. The van der Waals surface area contributed by atoms with Gasteiger partial charge in [-0.05, 0) is 41.0 Å². The Labute approximate surface area is 103 Å². The molecule has 2 rings (SSSR count). The molecule has 0 saturated carbocycles. The van der Waals surface area contributed by atoms with E-state index in [1.54, 1.807) is 18.2 Å². The van der Waals surface area contributed by atoms with Gasteiger partial charge in [-0.15, -0.1) is 0 Å². The molecule has 0 aromatic heterocycles. The van der Waals surface area contributed by atoms with Crippen molar-refractivity contribution >= 4 is 22.5 Å². The van der Waals surface area contributed by atoms with Crippen LogP contribution in [0.1, 0.15) is 18.1 Å². The van der Waals surface area contributed by atoms with Gasteiger partial charge in [-0.25, -0.2) is 4.39 Å². The molecule has 0 fully saturated rings. The fourth-order valence-corrected chi connectivity index (χ4v) is 2.11. The molecule has 0 aliphatic heterocycles. The van der Waals surface area contributed by atoms with Crippen molar-refractivity contribution in [3.8, 4) is 0 Å². The number of nitrogen functional groups attached to an aromatic ring is 1. The summed E-state index contributed by atoms with van der Waals surface area (Å²) < 4.78 is 38.5. The Morgan fingerprint density at radius 3 is 2.61 bits per heavy atom. The first-order valence-corrected chi connectivity index (χ1v) is 5.56. The molecule has 0 bridgehead atoms. The smallest absolute Gasteiger partial charge is 0.271 e. The minimum atomic E-state index is -1.92. The molecule has 0 amide bonds. The van der Waals surface area contributed by atoms with Gasteiger partial charge in [0.1, 0.15) is 5.82 Å². The van der Waals surface area contributed by atoms with E-state index in [-0.39, 0.29) is 5.56 Å². The maximum atomic E-state index is 13.7. The summed E-state index contributed by atoms with van der Waals surface area (Å²) in [7, 11) is 0. The summed E-state index contributed by atoms with van der Waals surface area (Å²) in [6.07, 6.45) is -0.757. The largest absolute Gasteiger partial charge is 0.399 e. The minimum absolute atomic E-state index is 0.0793. The van der Waals surface area contributed by atoms with E-state index in [2.05, 4.69) is 0 Å². The van der Waals surface area contributed by atoms with Crippen molar-refractivity contribution in [2.45, 2.75) is 13.3 Å². The monoisotopic (exact) mass is 251 g/mol. The van der Waals surface area contributed by atoms with Gasteiger partial charge < -0.3 is 5.73 Å². The quantitative estimate of drug-likeness (QED) is 0.788. The second-order valence-corrected chi connectivity index (χ2v) is 4.03. The summed E-state index contributed by atoms with van der Waals surface area (Å²) in [5.74, 6) is -0.658. The molecule has 0 radical (unpaired) electrons. The van der Waals surface area contributed by atoms with Crippen molar-refractivity contribution in [1.29, 1.82) is 0 Å².